The molecular formula is C20H21NO6. The molecule has 27 heavy (non-hydrogen) atoms. The largest absolute Gasteiger partial charge is 0.507 e. The van der Waals surface area contributed by atoms with Crippen LogP contribution in [0, 0.1) is 0 Å². The van der Waals surface area contributed by atoms with Crippen molar-refractivity contribution in [2.45, 2.75) is 19.4 Å². The van der Waals surface area contributed by atoms with E-state index in [9.17, 15) is 15.0 Å². The molecule has 0 amide bonds. The second kappa shape index (κ2) is 6.35. The first-order valence-corrected chi connectivity index (χ1v) is 8.69. The van der Waals surface area contributed by atoms with Crippen LogP contribution in [0.5, 0.6) is 28.7 Å². The summed E-state index contributed by atoms with van der Waals surface area (Å²) in [5, 5.41) is 20.8. The van der Waals surface area contributed by atoms with E-state index in [-0.39, 0.29) is 29.9 Å². The highest BCUT2D eigenvalue weighted by molar-refractivity contribution is 6.00. The molecule has 2 heterocycles. The molecule has 1 atom stereocenters. The van der Waals surface area contributed by atoms with Crippen LogP contribution in [0.3, 0.4) is 0 Å². The van der Waals surface area contributed by atoms with Crippen molar-refractivity contribution in [3.05, 3.63) is 40.5 Å². The lowest BCUT2D eigenvalue weighted by Gasteiger charge is -2.36. The van der Waals surface area contributed by atoms with Crippen molar-refractivity contribution in [3.63, 3.8) is 0 Å². The summed E-state index contributed by atoms with van der Waals surface area (Å²) >= 11 is 0. The minimum absolute atomic E-state index is 0.0762. The number of fused-ring (bicyclic) bond motifs is 2. The van der Waals surface area contributed by atoms with E-state index in [2.05, 4.69) is 4.90 Å². The van der Waals surface area contributed by atoms with Gasteiger partial charge in [-0.1, -0.05) is 0 Å². The first-order chi connectivity index (χ1) is 12.9. The van der Waals surface area contributed by atoms with Crippen molar-refractivity contribution in [3.8, 4) is 28.7 Å². The number of methoxy groups -OCH3 is 1. The molecule has 2 N–H and O–H groups in total. The molecule has 2 aliphatic rings. The van der Waals surface area contributed by atoms with Crippen LogP contribution in [0.4, 0.5) is 0 Å². The molecule has 0 saturated heterocycles. The standard InChI is InChI=1S/C20H21NO6/c1-10(22)15-13(23)5-4-12(18(15)24)17-16-11(6-7-21(17)2)8-14-19(20(16)25-3)27-9-26-14/h4-5,8,17,23-24H,6-7,9H2,1-3H3/t17-/m0/s1. The zero-order chi connectivity index (χ0) is 19.3. The number of phenolic OH excluding ortho intramolecular Hbond substituents is 2. The Bertz CT molecular complexity index is 939. The van der Waals surface area contributed by atoms with E-state index >= 15 is 0 Å². The summed E-state index contributed by atoms with van der Waals surface area (Å²) in [7, 11) is 3.51. The summed E-state index contributed by atoms with van der Waals surface area (Å²) in [5.41, 5.74) is 2.35. The molecule has 4 rings (SSSR count). The Hall–Kier alpha value is -2.93. The number of likely N-dealkylation sites (N-methyl/N-ethyl adjacent to an activating group) is 1. The number of nitrogens with zero attached hydrogens (tertiary/aromatic N) is 1. The van der Waals surface area contributed by atoms with Gasteiger partial charge >= 0.3 is 0 Å². The monoisotopic (exact) mass is 371 g/mol. The quantitative estimate of drug-likeness (QED) is 0.802. The predicted molar refractivity (Wildman–Crippen MR) is 97.1 cm³/mol. The SMILES string of the molecule is COc1c2c(cc3c1[C@H](c1ccc(O)c(C(C)=O)c1O)N(C)CC3)OCO2. The third kappa shape index (κ3) is 2.57. The molecule has 0 spiro atoms. The summed E-state index contributed by atoms with van der Waals surface area (Å²) in [6.07, 6.45) is 0.785. The molecule has 0 saturated carbocycles. The highest BCUT2D eigenvalue weighted by atomic mass is 16.7. The van der Waals surface area contributed by atoms with Crippen LogP contribution in [-0.4, -0.2) is 48.4 Å². The van der Waals surface area contributed by atoms with Gasteiger partial charge in [-0.2, -0.15) is 0 Å². The van der Waals surface area contributed by atoms with Crippen molar-refractivity contribution in [2.24, 2.45) is 0 Å². The molecule has 7 nitrogen and oxygen atoms in total. The summed E-state index contributed by atoms with van der Waals surface area (Å²) in [6, 6.07) is 4.66. The Morgan fingerprint density at radius 2 is 2.07 bits per heavy atom. The van der Waals surface area contributed by atoms with E-state index in [0.29, 0.717) is 22.8 Å². The number of benzene rings is 2. The first kappa shape index (κ1) is 17.5. The van der Waals surface area contributed by atoms with Gasteiger partial charge < -0.3 is 24.4 Å². The van der Waals surface area contributed by atoms with E-state index in [4.69, 9.17) is 14.2 Å². The van der Waals surface area contributed by atoms with Crippen molar-refractivity contribution in [1.82, 2.24) is 4.90 Å². The van der Waals surface area contributed by atoms with Gasteiger partial charge in [0.15, 0.2) is 17.3 Å². The zero-order valence-electron chi connectivity index (χ0n) is 15.4. The molecule has 2 aromatic carbocycles. The average Bonchev–Trinajstić information content (AvgIpc) is 3.09. The van der Waals surface area contributed by atoms with Crippen molar-refractivity contribution >= 4 is 5.78 Å². The third-order valence-corrected chi connectivity index (χ3v) is 5.23. The van der Waals surface area contributed by atoms with Crippen molar-refractivity contribution < 1.29 is 29.2 Å². The number of ketones is 1. The van der Waals surface area contributed by atoms with Crippen molar-refractivity contribution in [1.29, 1.82) is 0 Å². The minimum atomic E-state index is -0.400. The van der Waals surface area contributed by atoms with Gasteiger partial charge in [-0.15, -0.1) is 0 Å². The van der Waals surface area contributed by atoms with Crippen LogP contribution >= 0.6 is 0 Å². The third-order valence-electron chi connectivity index (χ3n) is 5.23. The van der Waals surface area contributed by atoms with Crippen LogP contribution in [0.25, 0.3) is 0 Å². The number of Topliss-reactive ketones (excluding diaryl/α,β-unsaturated/α-hetero) is 1. The molecule has 142 valence electrons. The zero-order valence-corrected chi connectivity index (χ0v) is 15.4. The van der Waals surface area contributed by atoms with Gasteiger partial charge in [-0.3, -0.25) is 9.69 Å². The number of phenols is 2. The predicted octanol–water partition coefficient (Wildman–Crippen LogP) is 2.61. The first-order valence-electron chi connectivity index (χ1n) is 8.69. The Kier molecular flexibility index (Phi) is 4.11. The molecule has 7 heteroatoms. The van der Waals surface area contributed by atoms with E-state index in [1.54, 1.807) is 13.2 Å². The number of ether oxygens (including phenoxy) is 3. The molecule has 0 bridgehead atoms. The maximum absolute atomic E-state index is 11.9. The van der Waals surface area contributed by atoms with E-state index in [1.165, 1.54) is 13.0 Å². The van der Waals surface area contributed by atoms with E-state index in [1.807, 2.05) is 13.1 Å². The lowest BCUT2D eigenvalue weighted by atomic mass is 9.85. The number of hydrogen-bond acceptors (Lipinski definition) is 7. The fourth-order valence-electron chi connectivity index (χ4n) is 3.99. The van der Waals surface area contributed by atoms with Gasteiger partial charge in [0.2, 0.25) is 12.5 Å². The van der Waals surface area contributed by atoms with Crippen LogP contribution in [0.2, 0.25) is 0 Å². The lowest BCUT2D eigenvalue weighted by molar-refractivity contribution is 0.101. The molecule has 2 aromatic rings. The number of aromatic hydroxyl groups is 2. The van der Waals surface area contributed by atoms with Gasteiger partial charge in [0, 0.05) is 17.7 Å². The summed E-state index contributed by atoms with van der Waals surface area (Å²) in [5.74, 6) is 0.901. The Morgan fingerprint density at radius 3 is 2.78 bits per heavy atom. The topological polar surface area (TPSA) is 88.5 Å². The van der Waals surface area contributed by atoms with E-state index < -0.39 is 5.78 Å². The second-order valence-corrected chi connectivity index (χ2v) is 6.80. The Labute approximate surface area is 156 Å². The number of hydrogen-bond donors (Lipinski definition) is 2. The van der Waals surface area contributed by atoms with Gasteiger partial charge in [-0.05, 0) is 44.2 Å². The smallest absolute Gasteiger partial charge is 0.231 e. The van der Waals surface area contributed by atoms with Crippen molar-refractivity contribution in [2.75, 3.05) is 27.5 Å². The molecule has 0 fully saturated rings. The van der Waals surface area contributed by atoms with Gasteiger partial charge in [0.25, 0.3) is 0 Å². The molecule has 0 radical (unpaired) electrons. The van der Waals surface area contributed by atoms with Gasteiger partial charge in [-0.25, -0.2) is 0 Å². The number of rotatable bonds is 3. The number of carbonyl (C=O) groups excluding carboxylic acids is 1. The fourth-order valence-corrected chi connectivity index (χ4v) is 3.99. The van der Waals surface area contributed by atoms with Crippen LogP contribution in [0.1, 0.15) is 40.0 Å². The van der Waals surface area contributed by atoms with Gasteiger partial charge in [0.1, 0.15) is 17.1 Å². The Balaban J connectivity index is 1.97. The molecule has 0 aliphatic carbocycles. The van der Waals surface area contributed by atoms with Crippen LogP contribution < -0.4 is 14.2 Å². The Morgan fingerprint density at radius 1 is 1.30 bits per heavy atom. The maximum atomic E-state index is 11.9. The molecule has 0 unspecified atom stereocenters. The molecule has 0 aromatic heterocycles. The summed E-state index contributed by atoms with van der Waals surface area (Å²) in [4.78, 5) is 14.0. The van der Waals surface area contributed by atoms with E-state index in [0.717, 1.165) is 24.1 Å². The highest BCUT2D eigenvalue weighted by Crippen LogP contribution is 2.52. The second-order valence-electron chi connectivity index (χ2n) is 6.80. The average molecular weight is 371 g/mol. The van der Waals surface area contributed by atoms with Crippen LogP contribution in [0.15, 0.2) is 18.2 Å². The summed E-state index contributed by atoms with van der Waals surface area (Å²) < 4.78 is 16.8. The molecular weight excluding hydrogens is 350 g/mol. The summed E-state index contributed by atoms with van der Waals surface area (Å²) in [6.45, 7) is 2.19. The van der Waals surface area contributed by atoms with Crippen LogP contribution in [-0.2, 0) is 6.42 Å². The fraction of sp³-hybridized carbons (Fsp3) is 0.350. The van der Waals surface area contributed by atoms with Gasteiger partial charge in [0.05, 0.1) is 13.2 Å². The normalized spacial score (nSPS) is 18.3. The molecule has 2 aliphatic heterocycles. The maximum Gasteiger partial charge on any atom is 0.231 e. The minimum Gasteiger partial charge on any atom is -0.507 e. The highest BCUT2D eigenvalue weighted by Gasteiger charge is 2.36. The number of carbonyl (C=O) groups is 1. The lowest BCUT2D eigenvalue weighted by Crippen LogP contribution is -2.33.